The maximum Gasteiger partial charge on any atom is 0.333 e. The van der Waals surface area contributed by atoms with Gasteiger partial charge in [-0.05, 0) is 6.92 Å². The summed E-state index contributed by atoms with van der Waals surface area (Å²) in [6.07, 6.45) is -6.32. The Balaban J connectivity index is -0.000000133. The standard InChI is InChI=1S/2C4H6O5.C3H6O3.Ti/c2*5-2(4(8)9)1-3(6)7;1-2(4)3(5)6;/h2*2,5H,1H2,(H,6,7)(H,8,9);2,4H,1H3,(H,5,6);. The van der Waals surface area contributed by atoms with Gasteiger partial charge < -0.3 is 40.9 Å². The van der Waals surface area contributed by atoms with Crippen LogP contribution in [0.4, 0.5) is 0 Å². The minimum atomic E-state index is -1.79. The van der Waals surface area contributed by atoms with Gasteiger partial charge in [0.25, 0.3) is 0 Å². The van der Waals surface area contributed by atoms with E-state index in [1.54, 1.807) is 0 Å². The summed E-state index contributed by atoms with van der Waals surface area (Å²) in [6, 6.07) is 0. The van der Waals surface area contributed by atoms with Gasteiger partial charge >= 0.3 is 29.8 Å². The van der Waals surface area contributed by atoms with Crippen LogP contribution in [-0.4, -0.2) is 89.0 Å². The zero-order chi connectivity index (χ0) is 20.0. The molecule has 0 spiro atoms. The molecule has 3 atom stereocenters. The monoisotopic (exact) mass is 406 g/mol. The number of aliphatic hydroxyl groups excluding tert-OH is 3. The Labute approximate surface area is 155 Å². The molecule has 25 heavy (non-hydrogen) atoms. The van der Waals surface area contributed by atoms with Gasteiger partial charge in [0.05, 0.1) is 12.8 Å². The van der Waals surface area contributed by atoms with E-state index in [-0.39, 0.29) is 21.7 Å². The van der Waals surface area contributed by atoms with Gasteiger partial charge in [-0.15, -0.1) is 0 Å². The van der Waals surface area contributed by atoms with Crippen molar-refractivity contribution in [3.63, 3.8) is 0 Å². The summed E-state index contributed by atoms with van der Waals surface area (Å²) in [4.78, 5) is 48.3. The van der Waals surface area contributed by atoms with E-state index in [1.165, 1.54) is 6.92 Å². The van der Waals surface area contributed by atoms with Crippen molar-refractivity contribution in [2.75, 3.05) is 0 Å². The largest absolute Gasteiger partial charge is 0.481 e. The van der Waals surface area contributed by atoms with Crippen molar-refractivity contribution in [3.8, 4) is 0 Å². The summed E-state index contributed by atoms with van der Waals surface area (Å²) < 4.78 is 0. The quantitative estimate of drug-likeness (QED) is 0.200. The van der Waals surface area contributed by atoms with E-state index >= 15 is 0 Å². The SMILES string of the molecule is CC(O)C(=O)O.O=C(O)CC(O)C(=O)O.O=C(O)CC(O)C(=O)O.[Ti]. The Kier molecular flexibility index (Phi) is 20.7. The number of aliphatic hydroxyl groups is 3. The molecule has 0 aliphatic carbocycles. The first-order valence-corrected chi connectivity index (χ1v) is 5.88. The topological polar surface area (TPSA) is 247 Å². The van der Waals surface area contributed by atoms with E-state index in [9.17, 15) is 24.0 Å². The fraction of sp³-hybridized carbons (Fsp3) is 0.545. The molecular weight excluding hydrogens is 388 g/mol. The molecule has 0 aromatic rings. The van der Waals surface area contributed by atoms with Crippen LogP contribution in [-0.2, 0) is 45.7 Å². The summed E-state index contributed by atoms with van der Waals surface area (Å²) in [6.45, 7) is 1.20. The third-order valence-corrected chi connectivity index (χ3v) is 1.66. The molecule has 0 aliphatic rings. The van der Waals surface area contributed by atoms with Crippen LogP contribution < -0.4 is 0 Å². The number of carboxylic acids is 5. The average Bonchev–Trinajstić information content (AvgIpc) is 2.38. The molecule has 0 radical (unpaired) electrons. The fourth-order valence-corrected chi connectivity index (χ4v) is 0.505. The zero-order valence-corrected chi connectivity index (χ0v) is 14.3. The van der Waals surface area contributed by atoms with Crippen molar-refractivity contribution in [1.29, 1.82) is 0 Å². The first-order chi connectivity index (χ1) is 10.7. The van der Waals surface area contributed by atoms with E-state index in [1.807, 2.05) is 0 Å². The molecule has 0 fully saturated rings. The smallest absolute Gasteiger partial charge is 0.333 e. The molecule has 0 rings (SSSR count). The minimum Gasteiger partial charge on any atom is -0.481 e. The van der Waals surface area contributed by atoms with Gasteiger partial charge in [-0.1, -0.05) is 0 Å². The van der Waals surface area contributed by atoms with Crippen LogP contribution in [0, 0.1) is 0 Å². The zero-order valence-electron chi connectivity index (χ0n) is 12.8. The number of rotatable bonds is 7. The van der Waals surface area contributed by atoms with Gasteiger partial charge in [0.1, 0.15) is 6.10 Å². The Bertz CT molecular complexity index is 415. The molecule has 144 valence electrons. The molecule has 0 amide bonds. The Hall–Kier alpha value is -2.06. The van der Waals surface area contributed by atoms with E-state index in [2.05, 4.69) is 0 Å². The maximum atomic E-state index is 9.72. The molecule has 13 nitrogen and oxygen atoms in total. The van der Waals surface area contributed by atoms with Gasteiger partial charge in [0.2, 0.25) is 0 Å². The normalized spacial score (nSPS) is 12.3. The third-order valence-electron chi connectivity index (χ3n) is 1.66. The number of carboxylic acid groups (broad SMARTS) is 5. The fourth-order valence-electron chi connectivity index (χ4n) is 0.505. The van der Waals surface area contributed by atoms with Crippen molar-refractivity contribution in [2.45, 2.75) is 38.1 Å². The summed E-state index contributed by atoms with van der Waals surface area (Å²) >= 11 is 0. The van der Waals surface area contributed by atoms with Crippen LogP contribution in [0.3, 0.4) is 0 Å². The molecule has 0 bridgehead atoms. The number of carbonyl (C=O) groups is 5. The Morgan fingerprint density at radius 3 is 0.880 bits per heavy atom. The predicted octanol–water partition coefficient (Wildman–Crippen LogP) is -2.74. The molecule has 0 aliphatic heterocycles. The molecule has 14 heteroatoms. The number of hydrogen-bond donors (Lipinski definition) is 8. The summed E-state index contributed by atoms with van der Waals surface area (Å²) in [5, 5.41) is 64.1. The van der Waals surface area contributed by atoms with Gasteiger partial charge in [-0.2, -0.15) is 0 Å². The van der Waals surface area contributed by atoms with Crippen molar-refractivity contribution in [3.05, 3.63) is 0 Å². The molecule has 0 saturated carbocycles. The summed E-state index contributed by atoms with van der Waals surface area (Å²) in [7, 11) is 0. The van der Waals surface area contributed by atoms with Crippen molar-refractivity contribution >= 4 is 29.8 Å². The predicted molar refractivity (Wildman–Crippen MR) is 71.1 cm³/mol. The van der Waals surface area contributed by atoms with Gasteiger partial charge in [0.15, 0.2) is 12.2 Å². The number of aliphatic carboxylic acids is 5. The van der Waals surface area contributed by atoms with E-state index in [4.69, 9.17) is 40.9 Å². The molecule has 0 saturated heterocycles. The molecule has 0 aromatic heterocycles. The minimum absolute atomic E-state index is 0. The van der Waals surface area contributed by atoms with Crippen LogP contribution in [0.15, 0.2) is 0 Å². The second kappa shape index (κ2) is 16.8. The van der Waals surface area contributed by atoms with Crippen molar-refractivity contribution < 1.29 is 86.5 Å². The molecule has 0 aromatic carbocycles. The molecule has 0 heterocycles. The van der Waals surface area contributed by atoms with Gasteiger partial charge in [-0.3, -0.25) is 9.59 Å². The van der Waals surface area contributed by atoms with E-state index < -0.39 is 61.0 Å². The van der Waals surface area contributed by atoms with Crippen LogP contribution in [0.1, 0.15) is 19.8 Å². The maximum absolute atomic E-state index is 9.72. The van der Waals surface area contributed by atoms with Gasteiger partial charge in [0, 0.05) is 21.7 Å². The molecular formula is C11H18O13Ti. The Morgan fingerprint density at radius 2 is 0.840 bits per heavy atom. The second-order valence-corrected chi connectivity index (χ2v) is 3.92. The average molecular weight is 406 g/mol. The van der Waals surface area contributed by atoms with E-state index in [0.717, 1.165) is 0 Å². The third kappa shape index (κ3) is 27.1. The van der Waals surface area contributed by atoms with Crippen molar-refractivity contribution in [2.24, 2.45) is 0 Å². The number of hydrogen-bond acceptors (Lipinski definition) is 8. The first-order valence-electron chi connectivity index (χ1n) is 5.88. The van der Waals surface area contributed by atoms with Crippen LogP contribution >= 0.6 is 0 Å². The van der Waals surface area contributed by atoms with Gasteiger partial charge in [-0.25, -0.2) is 14.4 Å². The van der Waals surface area contributed by atoms with Crippen LogP contribution in [0.25, 0.3) is 0 Å². The first kappa shape index (κ1) is 30.8. The van der Waals surface area contributed by atoms with E-state index in [0.29, 0.717) is 0 Å². The molecule has 3 unspecified atom stereocenters. The summed E-state index contributed by atoms with van der Waals surface area (Å²) in [5.74, 6) is -6.88. The van der Waals surface area contributed by atoms with Crippen LogP contribution in [0.5, 0.6) is 0 Å². The van der Waals surface area contributed by atoms with Crippen molar-refractivity contribution in [1.82, 2.24) is 0 Å². The summed E-state index contributed by atoms with van der Waals surface area (Å²) in [5.41, 5.74) is 0. The Morgan fingerprint density at radius 1 is 0.640 bits per heavy atom. The molecule has 8 N–H and O–H groups in total. The second-order valence-electron chi connectivity index (χ2n) is 3.92. The van der Waals surface area contributed by atoms with Crippen LogP contribution in [0.2, 0.25) is 0 Å².